The highest BCUT2D eigenvalue weighted by Crippen LogP contribution is 2.44. The Morgan fingerprint density at radius 3 is 0.810 bits per heavy atom. The van der Waals surface area contributed by atoms with Gasteiger partial charge in [-0.05, 0) is 44.5 Å². The minimum Gasteiger partial charge on any atom is -0.387 e. The third-order valence-electron chi connectivity index (χ3n) is 8.12. The monoisotopic (exact) mass is 546 g/mol. The number of rotatable bonds is 9. The average Bonchev–Trinajstić information content (AvgIpc) is 3.07. The van der Waals surface area contributed by atoms with Gasteiger partial charge in [-0.2, -0.15) is 0 Å². The summed E-state index contributed by atoms with van der Waals surface area (Å²) in [5.41, 5.74) is 7.67. The summed E-state index contributed by atoms with van der Waals surface area (Å²) in [7, 11) is 0. The lowest BCUT2D eigenvalue weighted by Crippen LogP contribution is -2.15. The van der Waals surface area contributed by atoms with Crippen LogP contribution >= 0.6 is 0 Å². The lowest BCUT2D eigenvalue weighted by atomic mass is 9.78. The van der Waals surface area contributed by atoms with E-state index < -0.39 is 12.2 Å². The van der Waals surface area contributed by atoms with Crippen molar-refractivity contribution < 1.29 is 10.2 Å². The zero-order valence-electron chi connectivity index (χ0n) is 23.4. The number of aliphatic hydroxyl groups excluding tert-OH is 2. The summed E-state index contributed by atoms with van der Waals surface area (Å²) in [4.78, 5) is 0. The van der Waals surface area contributed by atoms with Crippen molar-refractivity contribution in [2.75, 3.05) is 0 Å². The Morgan fingerprint density at radius 1 is 0.286 bits per heavy atom. The molecule has 0 saturated heterocycles. The standard InChI is InChI=1S/C40H34O2/c41-39(37(29-17-5-1-6-18-29)30-19-7-2-8-20-30)35-27-15-13-25-33(35)34-26-14-16-28-36(34)40(42)38(31-21-9-3-10-22-31)32-23-11-4-12-24-32/h1-28,37-42H. The second-order valence-electron chi connectivity index (χ2n) is 10.7. The minimum atomic E-state index is -0.810. The van der Waals surface area contributed by atoms with E-state index in [4.69, 9.17) is 0 Å². The maximum Gasteiger partial charge on any atom is 0.0905 e. The van der Waals surface area contributed by atoms with Crippen LogP contribution in [0, 0.1) is 0 Å². The molecule has 2 nitrogen and oxygen atoms in total. The summed E-state index contributed by atoms with van der Waals surface area (Å²) in [6, 6.07) is 56.8. The zero-order valence-corrected chi connectivity index (χ0v) is 23.4. The molecule has 0 radical (unpaired) electrons. The molecule has 0 aliphatic heterocycles. The first-order valence-electron chi connectivity index (χ1n) is 14.5. The molecule has 0 amide bonds. The molecule has 0 spiro atoms. The van der Waals surface area contributed by atoms with Crippen LogP contribution in [0.15, 0.2) is 170 Å². The Balaban J connectivity index is 1.47. The third-order valence-corrected chi connectivity index (χ3v) is 8.12. The molecule has 206 valence electrons. The van der Waals surface area contributed by atoms with Gasteiger partial charge in [0.05, 0.1) is 12.2 Å². The first-order valence-corrected chi connectivity index (χ1v) is 14.5. The average molecular weight is 547 g/mol. The van der Waals surface area contributed by atoms with Crippen LogP contribution in [0.3, 0.4) is 0 Å². The third kappa shape index (κ3) is 5.69. The number of hydrogen-bond donors (Lipinski definition) is 2. The van der Waals surface area contributed by atoms with E-state index in [9.17, 15) is 10.2 Å². The van der Waals surface area contributed by atoms with Crippen molar-refractivity contribution in [2.45, 2.75) is 24.0 Å². The molecule has 2 heteroatoms. The summed E-state index contributed by atoms with van der Waals surface area (Å²) in [6.45, 7) is 0. The molecule has 6 rings (SSSR count). The van der Waals surface area contributed by atoms with E-state index >= 15 is 0 Å². The quantitative estimate of drug-likeness (QED) is 0.190. The SMILES string of the molecule is OC(c1ccccc1-c1ccccc1C(O)C(c1ccccc1)c1ccccc1)C(c1ccccc1)c1ccccc1. The minimum absolute atomic E-state index is 0.257. The summed E-state index contributed by atoms with van der Waals surface area (Å²) in [5.74, 6) is -0.515. The summed E-state index contributed by atoms with van der Waals surface area (Å²) in [6.07, 6.45) is -1.62. The number of aliphatic hydroxyl groups is 2. The second kappa shape index (κ2) is 12.8. The van der Waals surface area contributed by atoms with Crippen LogP contribution in [0.2, 0.25) is 0 Å². The van der Waals surface area contributed by atoms with Gasteiger partial charge in [0.25, 0.3) is 0 Å². The molecule has 2 unspecified atom stereocenters. The highest BCUT2D eigenvalue weighted by molar-refractivity contribution is 5.72. The zero-order chi connectivity index (χ0) is 28.7. The van der Waals surface area contributed by atoms with Crippen LogP contribution in [0.1, 0.15) is 57.4 Å². The molecule has 2 atom stereocenters. The maximum atomic E-state index is 12.2. The first kappa shape index (κ1) is 27.4. The summed E-state index contributed by atoms with van der Waals surface area (Å²) in [5, 5.41) is 24.3. The molecule has 6 aromatic carbocycles. The van der Waals surface area contributed by atoms with E-state index in [0.29, 0.717) is 0 Å². The fraction of sp³-hybridized carbons (Fsp3) is 0.100. The number of hydrogen-bond acceptors (Lipinski definition) is 2. The lowest BCUT2D eigenvalue weighted by Gasteiger charge is -2.29. The van der Waals surface area contributed by atoms with E-state index in [1.54, 1.807) is 0 Å². The molecule has 0 saturated carbocycles. The molecule has 0 fully saturated rings. The predicted octanol–water partition coefficient (Wildman–Crippen LogP) is 9.08. The van der Waals surface area contributed by atoms with E-state index in [2.05, 4.69) is 60.7 Å². The molecule has 2 N–H and O–H groups in total. The van der Waals surface area contributed by atoms with Crippen molar-refractivity contribution in [3.05, 3.63) is 203 Å². The lowest BCUT2D eigenvalue weighted by molar-refractivity contribution is 0.157. The van der Waals surface area contributed by atoms with E-state index in [1.807, 2.05) is 109 Å². The van der Waals surface area contributed by atoms with Gasteiger partial charge in [-0.3, -0.25) is 0 Å². The van der Waals surface area contributed by atoms with Crippen molar-refractivity contribution in [3.8, 4) is 11.1 Å². The molecule has 0 aliphatic carbocycles. The summed E-state index contributed by atoms with van der Waals surface area (Å²) < 4.78 is 0. The van der Waals surface area contributed by atoms with Gasteiger partial charge in [0.2, 0.25) is 0 Å². The van der Waals surface area contributed by atoms with Gasteiger partial charge in [0.15, 0.2) is 0 Å². The van der Waals surface area contributed by atoms with Crippen molar-refractivity contribution in [1.29, 1.82) is 0 Å². The Bertz CT molecular complexity index is 1490. The molecule has 42 heavy (non-hydrogen) atoms. The highest BCUT2D eigenvalue weighted by atomic mass is 16.3. The van der Waals surface area contributed by atoms with Gasteiger partial charge < -0.3 is 10.2 Å². The Hall–Kier alpha value is -4.76. The van der Waals surface area contributed by atoms with Crippen LogP contribution in [0.4, 0.5) is 0 Å². The molecule has 6 aromatic rings. The van der Waals surface area contributed by atoms with E-state index in [0.717, 1.165) is 44.5 Å². The van der Waals surface area contributed by atoms with Crippen LogP contribution in [0.5, 0.6) is 0 Å². The highest BCUT2D eigenvalue weighted by Gasteiger charge is 2.30. The topological polar surface area (TPSA) is 40.5 Å². The smallest absolute Gasteiger partial charge is 0.0905 e. The predicted molar refractivity (Wildman–Crippen MR) is 171 cm³/mol. The van der Waals surface area contributed by atoms with Gasteiger partial charge in [0.1, 0.15) is 0 Å². The van der Waals surface area contributed by atoms with Gasteiger partial charge in [-0.1, -0.05) is 170 Å². The molecular weight excluding hydrogens is 512 g/mol. The van der Waals surface area contributed by atoms with Crippen molar-refractivity contribution in [2.24, 2.45) is 0 Å². The van der Waals surface area contributed by atoms with Gasteiger partial charge in [0, 0.05) is 11.8 Å². The Morgan fingerprint density at radius 2 is 0.524 bits per heavy atom. The molecule has 0 aromatic heterocycles. The summed E-state index contributed by atoms with van der Waals surface area (Å²) >= 11 is 0. The molecule has 0 bridgehead atoms. The normalized spacial score (nSPS) is 12.8. The Labute approximate surface area is 248 Å². The van der Waals surface area contributed by atoms with Crippen molar-refractivity contribution >= 4 is 0 Å². The van der Waals surface area contributed by atoms with Crippen LogP contribution < -0.4 is 0 Å². The first-order chi connectivity index (χ1) is 20.7. The molecule has 0 heterocycles. The Kier molecular flexibility index (Phi) is 8.37. The van der Waals surface area contributed by atoms with Gasteiger partial charge >= 0.3 is 0 Å². The largest absolute Gasteiger partial charge is 0.387 e. The van der Waals surface area contributed by atoms with Crippen LogP contribution in [-0.4, -0.2) is 10.2 Å². The fourth-order valence-electron chi connectivity index (χ4n) is 6.12. The maximum absolute atomic E-state index is 12.2. The van der Waals surface area contributed by atoms with E-state index in [1.165, 1.54) is 0 Å². The number of benzene rings is 6. The molecular formula is C40H34O2. The van der Waals surface area contributed by atoms with Gasteiger partial charge in [-0.25, -0.2) is 0 Å². The van der Waals surface area contributed by atoms with Crippen LogP contribution in [0.25, 0.3) is 11.1 Å². The van der Waals surface area contributed by atoms with Crippen molar-refractivity contribution in [3.63, 3.8) is 0 Å². The fourth-order valence-corrected chi connectivity index (χ4v) is 6.12. The van der Waals surface area contributed by atoms with Crippen molar-refractivity contribution in [1.82, 2.24) is 0 Å². The van der Waals surface area contributed by atoms with E-state index in [-0.39, 0.29) is 11.8 Å². The second-order valence-corrected chi connectivity index (χ2v) is 10.7. The van der Waals surface area contributed by atoms with Gasteiger partial charge in [-0.15, -0.1) is 0 Å². The van der Waals surface area contributed by atoms with Crippen LogP contribution in [-0.2, 0) is 0 Å². The molecule has 0 aliphatic rings.